The molecule has 20 heavy (non-hydrogen) atoms. The normalized spacial score (nSPS) is 18.6. The van der Waals surface area contributed by atoms with Crippen LogP contribution >= 0.6 is 23.5 Å². The second kappa shape index (κ2) is 7.69. The van der Waals surface area contributed by atoms with Gasteiger partial charge in [-0.05, 0) is 25.1 Å². The van der Waals surface area contributed by atoms with Gasteiger partial charge in [-0.1, -0.05) is 0 Å². The van der Waals surface area contributed by atoms with Gasteiger partial charge in [-0.15, -0.1) is 0 Å². The Morgan fingerprint density at radius 2 is 2.35 bits per heavy atom. The zero-order chi connectivity index (χ0) is 14.4. The summed E-state index contributed by atoms with van der Waals surface area (Å²) in [5.41, 5.74) is 7.96. The van der Waals surface area contributed by atoms with Crippen LogP contribution < -0.4 is 11.1 Å². The van der Waals surface area contributed by atoms with Crippen molar-refractivity contribution in [2.75, 3.05) is 41.5 Å². The number of carbonyl (C=O) groups is 1. The Kier molecular flexibility index (Phi) is 5.91. The SMILES string of the molecule is CCOC(=O)c1ccc(N)c(NCC2CSCCS2)c1. The first-order chi connectivity index (χ1) is 9.70. The summed E-state index contributed by atoms with van der Waals surface area (Å²) in [7, 11) is 0. The molecule has 0 aliphatic carbocycles. The Hall–Kier alpha value is -1.01. The molecule has 3 N–H and O–H groups in total. The summed E-state index contributed by atoms with van der Waals surface area (Å²) in [5.74, 6) is 3.30. The quantitative estimate of drug-likeness (QED) is 0.644. The third-order valence-electron chi connectivity index (χ3n) is 2.97. The lowest BCUT2D eigenvalue weighted by molar-refractivity contribution is 0.0526. The summed E-state index contributed by atoms with van der Waals surface area (Å²) in [6.45, 7) is 3.04. The van der Waals surface area contributed by atoms with Crippen molar-refractivity contribution >= 4 is 40.9 Å². The molecule has 6 heteroatoms. The van der Waals surface area contributed by atoms with Crippen molar-refractivity contribution in [2.24, 2.45) is 0 Å². The predicted molar refractivity (Wildman–Crippen MR) is 88.9 cm³/mol. The van der Waals surface area contributed by atoms with E-state index in [4.69, 9.17) is 10.5 Å². The van der Waals surface area contributed by atoms with Gasteiger partial charge < -0.3 is 15.8 Å². The lowest BCUT2D eigenvalue weighted by atomic mass is 10.1. The largest absolute Gasteiger partial charge is 0.462 e. The Labute approximate surface area is 128 Å². The van der Waals surface area contributed by atoms with Crippen LogP contribution in [-0.2, 0) is 4.74 Å². The number of carbonyl (C=O) groups excluding carboxylic acids is 1. The van der Waals surface area contributed by atoms with E-state index >= 15 is 0 Å². The molecule has 0 spiro atoms. The molecular weight excluding hydrogens is 292 g/mol. The van der Waals surface area contributed by atoms with Crippen LogP contribution in [0.1, 0.15) is 17.3 Å². The molecule has 1 fully saturated rings. The van der Waals surface area contributed by atoms with E-state index in [0.29, 0.717) is 23.1 Å². The van der Waals surface area contributed by atoms with Crippen LogP contribution in [0.2, 0.25) is 0 Å². The topological polar surface area (TPSA) is 64.3 Å². The molecule has 0 bridgehead atoms. The number of thioether (sulfide) groups is 2. The molecule has 1 unspecified atom stereocenters. The highest BCUT2D eigenvalue weighted by atomic mass is 32.2. The number of nitrogen functional groups attached to an aromatic ring is 1. The van der Waals surface area contributed by atoms with Crippen molar-refractivity contribution in [3.05, 3.63) is 23.8 Å². The van der Waals surface area contributed by atoms with Crippen LogP contribution in [0.4, 0.5) is 11.4 Å². The van der Waals surface area contributed by atoms with Crippen LogP contribution in [-0.4, -0.2) is 41.6 Å². The third-order valence-corrected chi connectivity index (χ3v) is 5.81. The lowest BCUT2D eigenvalue weighted by Gasteiger charge is -2.22. The summed E-state index contributed by atoms with van der Waals surface area (Å²) < 4.78 is 5.00. The van der Waals surface area contributed by atoms with Gasteiger partial charge in [0, 0.05) is 29.1 Å². The number of esters is 1. The Balaban J connectivity index is 1.98. The van der Waals surface area contributed by atoms with Crippen LogP contribution in [0.5, 0.6) is 0 Å². The van der Waals surface area contributed by atoms with Crippen molar-refractivity contribution in [1.29, 1.82) is 0 Å². The van der Waals surface area contributed by atoms with Gasteiger partial charge in [0.15, 0.2) is 0 Å². The number of benzene rings is 1. The highest BCUT2D eigenvalue weighted by Gasteiger charge is 2.15. The number of anilines is 2. The van der Waals surface area contributed by atoms with E-state index in [-0.39, 0.29) is 5.97 Å². The number of nitrogens with two attached hydrogens (primary N) is 1. The molecule has 4 nitrogen and oxygen atoms in total. The molecule has 110 valence electrons. The number of ether oxygens (including phenoxy) is 1. The fourth-order valence-electron chi connectivity index (χ4n) is 1.93. The minimum absolute atomic E-state index is 0.307. The third kappa shape index (κ3) is 4.24. The van der Waals surface area contributed by atoms with Crippen LogP contribution in [0.25, 0.3) is 0 Å². The summed E-state index contributed by atoms with van der Waals surface area (Å²) >= 11 is 3.98. The zero-order valence-corrected chi connectivity index (χ0v) is 13.2. The fraction of sp³-hybridized carbons (Fsp3) is 0.500. The molecule has 1 atom stereocenters. The minimum Gasteiger partial charge on any atom is -0.462 e. The molecular formula is C14H20N2O2S2. The molecule has 0 amide bonds. The van der Waals surface area contributed by atoms with Gasteiger partial charge in [-0.25, -0.2) is 4.79 Å². The zero-order valence-electron chi connectivity index (χ0n) is 11.6. The van der Waals surface area contributed by atoms with Gasteiger partial charge in [0.1, 0.15) is 0 Å². The van der Waals surface area contributed by atoms with E-state index in [1.54, 1.807) is 25.1 Å². The lowest BCUT2D eigenvalue weighted by Crippen LogP contribution is -2.23. The maximum Gasteiger partial charge on any atom is 0.338 e. The summed E-state index contributed by atoms with van der Waals surface area (Å²) in [6.07, 6.45) is 0. The second-order valence-electron chi connectivity index (χ2n) is 4.47. The van der Waals surface area contributed by atoms with Gasteiger partial charge in [0.25, 0.3) is 0 Å². The molecule has 1 heterocycles. The van der Waals surface area contributed by atoms with Gasteiger partial charge in [-0.2, -0.15) is 23.5 Å². The van der Waals surface area contributed by atoms with Gasteiger partial charge >= 0.3 is 5.97 Å². The molecule has 1 aromatic rings. The molecule has 0 aromatic heterocycles. The standard InChI is InChI=1S/C14H20N2O2S2/c1-2-18-14(17)10-3-4-12(15)13(7-10)16-8-11-9-19-5-6-20-11/h3-4,7,11,16H,2,5-6,8-9,15H2,1H3. The van der Waals surface area contributed by atoms with E-state index in [1.165, 1.54) is 11.5 Å². The smallest absolute Gasteiger partial charge is 0.338 e. The van der Waals surface area contributed by atoms with Crippen LogP contribution in [0.15, 0.2) is 18.2 Å². The van der Waals surface area contributed by atoms with E-state index in [9.17, 15) is 4.79 Å². The predicted octanol–water partition coefficient (Wildman–Crippen LogP) is 2.71. The first-order valence-corrected chi connectivity index (χ1v) is 8.91. The van der Waals surface area contributed by atoms with E-state index in [2.05, 4.69) is 5.32 Å². The summed E-state index contributed by atoms with van der Waals surface area (Å²) in [5, 5.41) is 3.95. The molecule has 1 aromatic carbocycles. The number of hydrogen-bond acceptors (Lipinski definition) is 6. The number of rotatable bonds is 5. The highest BCUT2D eigenvalue weighted by Crippen LogP contribution is 2.26. The van der Waals surface area contributed by atoms with Gasteiger partial charge in [0.2, 0.25) is 0 Å². The fourth-order valence-corrected chi connectivity index (χ4v) is 4.54. The molecule has 0 radical (unpaired) electrons. The average Bonchev–Trinajstić information content (AvgIpc) is 2.47. The van der Waals surface area contributed by atoms with Gasteiger partial charge in [0.05, 0.1) is 23.5 Å². The van der Waals surface area contributed by atoms with Crippen molar-refractivity contribution in [2.45, 2.75) is 12.2 Å². The van der Waals surface area contributed by atoms with Crippen molar-refractivity contribution in [3.8, 4) is 0 Å². The van der Waals surface area contributed by atoms with Crippen molar-refractivity contribution < 1.29 is 9.53 Å². The first-order valence-electron chi connectivity index (χ1n) is 6.70. The second-order valence-corrected chi connectivity index (χ2v) is 7.03. The summed E-state index contributed by atoms with van der Waals surface area (Å²) in [4.78, 5) is 11.7. The number of nitrogens with one attached hydrogen (secondary N) is 1. The van der Waals surface area contributed by atoms with Gasteiger partial charge in [-0.3, -0.25) is 0 Å². The molecule has 1 saturated heterocycles. The molecule has 1 aliphatic heterocycles. The van der Waals surface area contributed by atoms with E-state index in [1.807, 2.05) is 23.5 Å². The maximum atomic E-state index is 11.7. The summed E-state index contributed by atoms with van der Waals surface area (Å²) in [6, 6.07) is 5.22. The molecule has 1 aliphatic rings. The van der Waals surface area contributed by atoms with Crippen molar-refractivity contribution in [3.63, 3.8) is 0 Å². The Bertz CT molecular complexity index is 462. The maximum absolute atomic E-state index is 11.7. The van der Waals surface area contributed by atoms with Crippen LogP contribution in [0, 0.1) is 0 Å². The number of hydrogen-bond donors (Lipinski definition) is 2. The average molecular weight is 312 g/mol. The van der Waals surface area contributed by atoms with Crippen LogP contribution in [0.3, 0.4) is 0 Å². The first kappa shape index (κ1) is 15.4. The van der Waals surface area contributed by atoms with Crippen molar-refractivity contribution in [1.82, 2.24) is 0 Å². The monoisotopic (exact) mass is 312 g/mol. The molecule has 2 rings (SSSR count). The highest BCUT2D eigenvalue weighted by molar-refractivity contribution is 8.06. The molecule has 0 saturated carbocycles. The Morgan fingerprint density at radius 3 is 3.05 bits per heavy atom. The van der Waals surface area contributed by atoms with E-state index in [0.717, 1.165) is 18.0 Å². The Morgan fingerprint density at radius 1 is 1.50 bits per heavy atom. The minimum atomic E-state index is -0.307. The van der Waals surface area contributed by atoms with E-state index < -0.39 is 0 Å².